The Labute approximate surface area is 214 Å². The van der Waals surface area contributed by atoms with Crippen molar-refractivity contribution in [2.75, 3.05) is 79.0 Å². The first-order valence-electron chi connectivity index (χ1n) is 10.8. The molecule has 15 heteroatoms. The first kappa shape index (κ1) is 26.2. The molecule has 11 nitrogen and oxygen atoms in total. The van der Waals surface area contributed by atoms with Gasteiger partial charge in [0.2, 0.25) is 25.2 Å². The Bertz CT molecular complexity index is 592. The third kappa shape index (κ3) is 6.69. The van der Waals surface area contributed by atoms with E-state index in [1.165, 1.54) is 0 Å². The van der Waals surface area contributed by atoms with Gasteiger partial charge in [0.15, 0.2) is 26.2 Å². The molecule has 0 unspecified atom stereocenters. The molecule has 4 fully saturated rings. The molecule has 0 aliphatic carbocycles. The fraction of sp³-hybridized carbons (Fsp3) is 0.889. The first-order valence-corrected chi connectivity index (χ1v) is 12.4. The number of rotatable bonds is 10. The summed E-state index contributed by atoms with van der Waals surface area (Å²) in [4.78, 5) is 0. The third-order valence-electron chi connectivity index (χ3n) is 5.69. The molecule has 0 aromatic carbocycles. The van der Waals surface area contributed by atoms with Crippen molar-refractivity contribution in [1.29, 1.82) is 0 Å². The van der Waals surface area contributed by atoms with E-state index in [-0.39, 0.29) is 44.0 Å². The minimum atomic E-state index is -0.529. The number of thiocarbonyl (C=S) groups is 2. The summed E-state index contributed by atoms with van der Waals surface area (Å²) in [6.07, 6.45) is -2.12. The smallest absolute Gasteiger partial charge is 0.210 e. The van der Waals surface area contributed by atoms with E-state index in [2.05, 4.69) is 5.53 Å². The molecule has 4 rings (SSSR count). The van der Waals surface area contributed by atoms with Crippen LogP contribution in [0.3, 0.4) is 0 Å². The molecule has 0 saturated carbocycles. The van der Waals surface area contributed by atoms with Gasteiger partial charge in [-0.1, -0.05) is 0 Å². The summed E-state index contributed by atoms with van der Waals surface area (Å²) in [6.45, 7) is 4.94. The summed E-state index contributed by atoms with van der Waals surface area (Å²) in [5.41, 5.74) is 3.53. The lowest BCUT2D eigenvalue weighted by molar-refractivity contribution is -1.09. The van der Waals surface area contributed by atoms with E-state index in [4.69, 9.17) is 87.6 Å². The topological polar surface area (TPSA) is 85.9 Å². The number of hydrogen-bond acceptors (Lipinski definition) is 13. The lowest BCUT2D eigenvalue weighted by Crippen LogP contribution is -2.79. The summed E-state index contributed by atoms with van der Waals surface area (Å²) in [5.74, 6) is 0. The van der Waals surface area contributed by atoms with Crippen LogP contribution in [0, 0.1) is 0 Å². The van der Waals surface area contributed by atoms with Crippen LogP contribution in [0.25, 0.3) is 0 Å². The molecule has 0 spiro atoms. The molecule has 4 saturated heterocycles. The minimum Gasteiger partial charge on any atom is -0.368 e. The van der Waals surface area contributed by atoms with Gasteiger partial charge in [-0.2, -0.15) is 9.18 Å². The predicted molar refractivity (Wildman–Crippen MR) is 126 cm³/mol. The van der Waals surface area contributed by atoms with Gasteiger partial charge in [-0.05, 0) is 5.53 Å². The van der Waals surface area contributed by atoms with Crippen LogP contribution >= 0.6 is 24.4 Å². The van der Waals surface area contributed by atoms with Crippen molar-refractivity contribution >= 4 is 58.3 Å². The molecule has 188 valence electrons. The van der Waals surface area contributed by atoms with Crippen LogP contribution in [0.5, 0.6) is 0 Å². The zero-order chi connectivity index (χ0) is 23.3. The van der Waals surface area contributed by atoms with Crippen molar-refractivity contribution in [2.45, 2.75) is 25.2 Å². The van der Waals surface area contributed by atoms with Crippen LogP contribution in [0.15, 0.2) is 0 Å². The Kier molecular flexibility index (Phi) is 9.50. The number of nitrogens with one attached hydrogen (secondary N) is 1. The Morgan fingerprint density at radius 1 is 0.545 bits per heavy atom. The van der Waals surface area contributed by atoms with Crippen LogP contribution in [0.2, 0.25) is 0 Å². The van der Waals surface area contributed by atoms with Gasteiger partial charge in [-0.15, -0.1) is 0 Å². The van der Waals surface area contributed by atoms with Crippen molar-refractivity contribution in [3.63, 3.8) is 0 Å². The monoisotopic (exact) mass is 543 g/mol. The Morgan fingerprint density at radius 3 is 0.939 bits per heavy atom. The summed E-state index contributed by atoms with van der Waals surface area (Å²) < 4.78 is 46.0. The molecule has 4 aliphatic rings. The first-order chi connectivity index (χ1) is 15.9. The number of quaternary nitrogens is 2. The Balaban J connectivity index is 1.66. The SMILES string of the molecule is S=C([S-])[N+](CC1OCCO1)(CC1OCCO1)N[N+](CC1OCCO1)(CC1OCCO1)C(=S)[S-]. The number of hydrogen-bond donors (Lipinski definition) is 1. The maximum Gasteiger partial charge on any atom is 0.210 e. The van der Waals surface area contributed by atoms with Gasteiger partial charge in [-0.25, -0.2) is 0 Å². The van der Waals surface area contributed by atoms with E-state index in [0.29, 0.717) is 52.9 Å². The van der Waals surface area contributed by atoms with Crippen molar-refractivity contribution < 1.29 is 47.1 Å². The van der Waals surface area contributed by atoms with Gasteiger partial charge in [0.1, 0.15) is 0 Å². The van der Waals surface area contributed by atoms with Crippen molar-refractivity contribution in [3.8, 4) is 0 Å². The average molecular weight is 544 g/mol. The highest BCUT2D eigenvalue weighted by molar-refractivity contribution is 8.00. The van der Waals surface area contributed by atoms with Gasteiger partial charge in [0.05, 0.1) is 61.5 Å². The van der Waals surface area contributed by atoms with Gasteiger partial charge in [-0.3, -0.25) is 0 Å². The van der Waals surface area contributed by atoms with Crippen LogP contribution in [0.4, 0.5) is 0 Å². The van der Waals surface area contributed by atoms with Gasteiger partial charge in [0.25, 0.3) is 0 Å². The third-order valence-corrected chi connectivity index (χ3v) is 7.09. The summed E-state index contributed by atoms with van der Waals surface area (Å²) in [5, 5.41) is 0. The highest BCUT2D eigenvalue weighted by Crippen LogP contribution is 2.24. The molecule has 0 bridgehead atoms. The second kappa shape index (κ2) is 11.9. The van der Waals surface area contributed by atoms with Crippen LogP contribution in [-0.4, -0.2) is 122 Å². The van der Waals surface area contributed by atoms with E-state index < -0.39 is 25.2 Å². The average Bonchev–Trinajstić information content (AvgIpc) is 3.57. The minimum absolute atomic E-state index is 0.129. The fourth-order valence-electron chi connectivity index (χ4n) is 4.13. The molecule has 4 aliphatic heterocycles. The normalized spacial score (nSPS) is 24.2. The van der Waals surface area contributed by atoms with Gasteiger partial charge < -0.3 is 87.6 Å². The second-order valence-corrected chi connectivity index (χ2v) is 10.0. The highest BCUT2D eigenvalue weighted by Gasteiger charge is 2.49. The zero-order valence-corrected chi connectivity index (χ0v) is 21.4. The molecule has 0 radical (unpaired) electrons. The summed E-state index contributed by atoms with van der Waals surface area (Å²) in [7, 11) is 0. The van der Waals surface area contributed by atoms with Crippen molar-refractivity contribution in [3.05, 3.63) is 0 Å². The maximum atomic E-state index is 5.73. The molecule has 33 heavy (non-hydrogen) atoms. The zero-order valence-electron chi connectivity index (χ0n) is 18.1. The molecular formula is C18H29N3O8S4. The van der Waals surface area contributed by atoms with E-state index in [0.717, 1.165) is 0 Å². The van der Waals surface area contributed by atoms with E-state index in [1.807, 2.05) is 0 Å². The summed E-state index contributed by atoms with van der Waals surface area (Å²) >= 11 is 22.4. The number of ether oxygens (including phenoxy) is 8. The van der Waals surface area contributed by atoms with Crippen LogP contribution in [0.1, 0.15) is 0 Å². The molecular weight excluding hydrogens is 514 g/mol. The van der Waals surface area contributed by atoms with Crippen molar-refractivity contribution in [1.82, 2.24) is 5.53 Å². The lowest BCUT2D eigenvalue weighted by Gasteiger charge is -2.49. The molecule has 0 atom stereocenters. The number of nitrogens with zero attached hydrogens (tertiary/aromatic N) is 2. The standard InChI is InChI=1S/C18H29N3O8S4/c30-17(31)20(9-13-22-1-2-23-13,10-14-24-3-4-25-14)19-21(18(32)33,11-15-26-5-6-27-15)12-16-28-7-8-29-16/h13-16,19H,1-12H2. The van der Waals surface area contributed by atoms with E-state index >= 15 is 0 Å². The molecule has 0 aromatic heterocycles. The highest BCUT2D eigenvalue weighted by atomic mass is 32.1. The fourth-order valence-corrected chi connectivity index (χ4v) is 4.89. The largest absolute Gasteiger partial charge is 0.368 e. The van der Waals surface area contributed by atoms with Crippen LogP contribution in [-0.2, 0) is 63.2 Å². The molecule has 1 N–H and O–H groups in total. The summed E-state index contributed by atoms with van der Waals surface area (Å²) in [6, 6.07) is 0. The Morgan fingerprint density at radius 2 is 0.758 bits per heavy atom. The van der Waals surface area contributed by atoms with Crippen LogP contribution < -0.4 is 5.53 Å². The van der Waals surface area contributed by atoms with Gasteiger partial charge in [0, 0.05) is 0 Å². The van der Waals surface area contributed by atoms with Gasteiger partial charge >= 0.3 is 0 Å². The predicted octanol–water partition coefficient (Wildman–Crippen LogP) is -0.805. The molecule has 4 heterocycles. The Hall–Kier alpha value is 0.180. The second-order valence-electron chi connectivity index (χ2n) is 7.98. The molecule has 0 amide bonds. The quantitative estimate of drug-likeness (QED) is 0.162. The van der Waals surface area contributed by atoms with E-state index in [1.54, 1.807) is 0 Å². The maximum absolute atomic E-state index is 5.73. The van der Waals surface area contributed by atoms with Crippen molar-refractivity contribution in [2.24, 2.45) is 0 Å². The lowest BCUT2D eigenvalue weighted by atomic mass is 10.4. The van der Waals surface area contributed by atoms with E-state index in [9.17, 15) is 0 Å². The molecule has 0 aromatic rings.